The monoisotopic (exact) mass is 213 g/mol. The Bertz CT molecular complexity index is 161. The van der Waals surface area contributed by atoms with Crippen molar-refractivity contribution in [2.24, 2.45) is 11.8 Å². The molecule has 2 N–H and O–H groups in total. The molecule has 0 heterocycles. The minimum atomic E-state index is 0.324. The highest BCUT2D eigenvalue weighted by Gasteiger charge is 2.15. The lowest BCUT2D eigenvalue weighted by Gasteiger charge is -2.19. The fourth-order valence-corrected chi connectivity index (χ4v) is 2.38. The molecule has 3 atom stereocenters. The van der Waals surface area contributed by atoms with Gasteiger partial charge in [0.15, 0.2) is 0 Å². The third kappa shape index (κ3) is 5.53. The normalized spacial score (nSPS) is 29.8. The van der Waals surface area contributed by atoms with Gasteiger partial charge in [0.25, 0.3) is 0 Å². The second kappa shape index (κ2) is 7.24. The van der Waals surface area contributed by atoms with E-state index >= 15 is 0 Å². The van der Waals surface area contributed by atoms with Gasteiger partial charge >= 0.3 is 0 Å². The highest BCUT2D eigenvalue weighted by molar-refractivity contribution is 4.74. The minimum absolute atomic E-state index is 0.324. The molecule has 1 aliphatic rings. The first kappa shape index (κ1) is 13.0. The molecule has 90 valence electrons. The average molecular weight is 213 g/mol. The molecule has 15 heavy (non-hydrogen) atoms. The maximum Gasteiger partial charge on any atom is 0.0434 e. The van der Waals surface area contributed by atoms with Gasteiger partial charge in [0.05, 0.1) is 0 Å². The van der Waals surface area contributed by atoms with E-state index in [0.717, 1.165) is 24.9 Å². The molecule has 0 radical (unpaired) electrons. The molecule has 2 nitrogen and oxygen atoms in total. The summed E-state index contributed by atoms with van der Waals surface area (Å²) in [6.07, 6.45) is 7.78. The zero-order valence-electron chi connectivity index (χ0n) is 10.3. The van der Waals surface area contributed by atoms with Crippen molar-refractivity contribution >= 4 is 0 Å². The van der Waals surface area contributed by atoms with Crippen LogP contribution in [0.15, 0.2) is 0 Å². The summed E-state index contributed by atoms with van der Waals surface area (Å²) in [6.45, 7) is 5.98. The molecular weight excluding hydrogens is 186 g/mol. The molecular formula is C13H27NO. The van der Waals surface area contributed by atoms with Gasteiger partial charge in [-0.2, -0.15) is 0 Å². The van der Waals surface area contributed by atoms with Crippen molar-refractivity contribution in [1.82, 2.24) is 5.32 Å². The Hall–Kier alpha value is -0.0800. The average Bonchev–Trinajstić information content (AvgIpc) is 2.41. The molecule has 0 saturated heterocycles. The Morgan fingerprint density at radius 1 is 1.27 bits per heavy atom. The lowest BCUT2D eigenvalue weighted by atomic mass is 10.0. The van der Waals surface area contributed by atoms with Crippen LogP contribution in [0.4, 0.5) is 0 Å². The van der Waals surface area contributed by atoms with Crippen LogP contribution in [-0.2, 0) is 0 Å². The Kier molecular flexibility index (Phi) is 6.26. The van der Waals surface area contributed by atoms with Crippen molar-refractivity contribution in [3.63, 3.8) is 0 Å². The maximum atomic E-state index is 8.83. The van der Waals surface area contributed by atoms with Crippen molar-refractivity contribution in [2.45, 2.75) is 58.4 Å². The fourth-order valence-electron chi connectivity index (χ4n) is 2.38. The Morgan fingerprint density at radius 2 is 2.07 bits per heavy atom. The molecule has 1 aliphatic carbocycles. The summed E-state index contributed by atoms with van der Waals surface area (Å²) >= 11 is 0. The maximum absolute atomic E-state index is 8.83. The standard InChI is InChI=1S/C13H27NO/c1-11-4-3-5-13(7-6-11)14-10-12(2)8-9-15/h11-15H,3-10H2,1-2H3. The van der Waals surface area contributed by atoms with Crippen LogP contribution in [0.1, 0.15) is 52.4 Å². The van der Waals surface area contributed by atoms with Gasteiger partial charge in [0, 0.05) is 12.6 Å². The quantitative estimate of drug-likeness (QED) is 0.688. The lowest BCUT2D eigenvalue weighted by molar-refractivity contribution is 0.256. The molecule has 1 rings (SSSR count). The van der Waals surface area contributed by atoms with E-state index in [9.17, 15) is 0 Å². The molecule has 0 amide bonds. The molecule has 0 spiro atoms. The molecule has 0 bridgehead atoms. The van der Waals surface area contributed by atoms with Crippen LogP contribution in [0.3, 0.4) is 0 Å². The number of nitrogens with one attached hydrogen (secondary N) is 1. The summed E-state index contributed by atoms with van der Waals surface area (Å²) in [5.74, 6) is 1.53. The first-order valence-corrected chi connectivity index (χ1v) is 6.56. The van der Waals surface area contributed by atoms with Gasteiger partial charge in [-0.15, -0.1) is 0 Å². The van der Waals surface area contributed by atoms with Crippen LogP contribution < -0.4 is 5.32 Å². The van der Waals surface area contributed by atoms with E-state index in [1.54, 1.807) is 0 Å². The summed E-state index contributed by atoms with van der Waals surface area (Å²) in [7, 11) is 0. The van der Waals surface area contributed by atoms with Crippen LogP contribution in [0.25, 0.3) is 0 Å². The fraction of sp³-hybridized carbons (Fsp3) is 1.00. The SMILES string of the molecule is CC1CCCC(NCC(C)CCO)CC1. The van der Waals surface area contributed by atoms with E-state index in [1.165, 1.54) is 32.1 Å². The van der Waals surface area contributed by atoms with Crippen LogP contribution in [-0.4, -0.2) is 24.3 Å². The third-order valence-electron chi connectivity index (χ3n) is 3.63. The highest BCUT2D eigenvalue weighted by Crippen LogP contribution is 2.22. The van der Waals surface area contributed by atoms with E-state index in [0.29, 0.717) is 12.5 Å². The zero-order chi connectivity index (χ0) is 11.1. The summed E-state index contributed by atoms with van der Waals surface area (Å²) < 4.78 is 0. The van der Waals surface area contributed by atoms with Gasteiger partial charge < -0.3 is 10.4 Å². The molecule has 0 aliphatic heterocycles. The third-order valence-corrected chi connectivity index (χ3v) is 3.63. The van der Waals surface area contributed by atoms with Crippen molar-refractivity contribution in [2.75, 3.05) is 13.2 Å². The second-order valence-electron chi connectivity index (χ2n) is 5.34. The Labute approximate surface area is 94.5 Å². The van der Waals surface area contributed by atoms with Crippen LogP contribution in [0, 0.1) is 11.8 Å². The largest absolute Gasteiger partial charge is 0.396 e. The number of rotatable bonds is 5. The van der Waals surface area contributed by atoms with Crippen LogP contribution in [0.2, 0.25) is 0 Å². The van der Waals surface area contributed by atoms with E-state index < -0.39 is 0 Å². The van der Waals surface area contributed by atoms with E-state index in [2.05, 4.69) is 19.2 Å². The minimum Gasteiger partial charge on any atom is -0.396 e. The van der Waals surface area contributed by atoms with Crippen molar-refractivity contribution < 1.29 is 5.11 Å². The van der Waals surface area contributed by atoms with Gasteiger partial charge in [-0.3, -0.25) is 0 Å². The first-order valence-electron chi connectivity index (χ1n) is 6.56. The predicted molar refractivity (Wildman–Crippen MR) is 64.9 cm³/mol. The Morgan fingerprint density at radius 3 is 2.80 bits per heavy atom. The van der Waals surface area contributed by atoms with Gasteiger partial charge in [0.2, 0.25) is 0 Å². The lowest BCUT2D eigenvalue weighted by Crippen LogP contribution is -2.32. The summed E-state index contributed by atoms with van der Waals surface area (Å²) in [5.41, 5.74) is 0. The summed E-state index contributed by atoms with van der Waals surface area (Å²) in [6, 6.07) is 0.732. The smallest absolute Gasteiger partial charge is 0.0434 e. The topological polar surface area (TPSA) is 32.3 Å². The molecule has 0 aromatic carbocycles. The van der Waals surface area contributed by atoms with E-state index in [-0.39, 0.29) is 0 Å². The number of hydrogen-bond acceptors (Lipinski definition) is 2. The molecule has 1 saturated carbocycles. The zero-order valence-corrected chi connectivity index (χ0v) is 10.3. The predicted octanol–water partition coefficient (Wildman–Crippen LogP) is 2.56. The van der Waals surface area contributed by atoms with Crippen LogP contribution >= 0.6 is 0 Å². The number of aliphatic hydroxyl groups is 1. The van der Waals surface area contributed by atoms with Gasteiger partial charge in [0.1, 0.15) is 0 Å². The molecule has 0 aromatic rings. The van der Waals surface area contributed by atoms with E-state index in [4.69, 9.17) is 5.11 Å². The highest BCUT2D eigenvalue weighted by atomic mass is 16.3. The van der Waals surface area contributed by atoms with Crippen molar-refractivity contribution in [3.05, 3.63) is 0 Å². The second-order valence-corrected chi connectivity index (χ2v) is 5.34. The van der Waals surface area contributed by atoms with Crippen molar-refractivity contribution in [3.8, 4) is 0 Å². The van der Waals surface area contributed by atoms with Crippen LogP contribution in [0.5, 0.6) is 0 Å². The van der Waals surface area contributed by atoms with Gasteiger partial charge in [-0.1, -0.05) is 26.7 Å². The number of aliphatic hydroxyl groups excluding tert-OH is 1. The van der Waals surface area contributed by atoms with Gasteiger partial charge in [-0.05, 0) is 44.1 Å². The first-order chi connectivity index (χ1) is 7.22. The molecule has 2 heteroatoms. The summed E-state index contributed by atoms with van der Waals surface area (Å²) in [5, 5.41) is 12.5. The van der Waals surface area contributed by atoms with Crippen molar-refractivity contribution in [1.29, 1.82) is 0 Å². The van der Waals surface area contributed by atoms with E-state index in [1.807, 2.05) is 0 Å². The Balaban J connectivity index is 2.14. The van der Waals surface area contributed by atoms with Gasteiger partial charge in [-0.25, -0.2) is 0 Å². The molecule has 3 unspecified atom stereocenters. The molecule has 1 fully saturated rings. The summed E-state index contributed by atoms with van der Waals surface area (Å²) in [4.78, 5) is 0. The molecule has 0 aromatic heterocycles. The number of hydrogen-bond donors (Lipinski definition) is 2.